The first kappa shape index (κ1) is 23.4. The number of ether oxygens (including phenoxy) is 2. The molecule has 3 rings (SSSR count). The zero-order valence-corrected chi connectivity index (χ0v) is 18.6. The standard InChI is InChI=1S/C24H24Cl2FNO3/c1-2-30-23-12-16(13-28-14-22(29)17-7-4-3-5-8-17)11-20(26)24(23)31-15-18-19(25)9-6-10-21(18)27/h3-12,22,28-29H,2,13-15H2,1H3. The first-order valence-electron chi connectivity index (χ1n) is 9.94. The summed E-state index contributed by atoms with van der Waals surface area (Å²) < 4.78 is 25.5. The van der Waals surface area contributed by atoms with E-state index >= 15 is 0 Å². The number of benzene rings is 3. The smallest absolute Gasteiger partial charge is 0.180 e. The third-order valence-corrected chi connectivity index (χ3v) is 5.28. The van der Waals surface area contributed by atoms with Crippen molar-refractivity contribution in [3.63, 3.8) is 0 Å². The fourth-order valence-corrected chi connectivity index (χ4v) is 3.59. The van der Waals surface area contributed by atoms with E-state index in [0.717, 1.165) is 11.1 Å². The highest BCUT2D eigenvalue weighted by Crippen LogP contribution is 2.37. The molecule has 7 heteroatoms. The summed E-state index contributed by atoms with van der Waals surface area (Å²) in [5.41, 5.74) is 1.96. The van der Waals surface area contributed by atoms with Crippen molar-refractivity contribution < 1.29 is 19.0 Å². The average Bonchev–Trinajstić information content (AvgIpc) is 2.75. The van der Waals surface area contributed by atoms with E-state index in [9.17, 15) is 9.50 Å². The first-order chi connectivity index (χ1) is 15.0. The molecule has 0 amide bonds. The van der Waals surface area contributed by atoms with E-state index in [1.807, 2.05) is 43.3 Å². The predicted molar refractivity (Wildman–Crippen MR) is 121 cm³/mol. The first-order valence-corrected chi connectivity index (χ1v) is 10.7. The topological polar surface area (TPSA) is 50.7 Å². The zero-order valence-electron chi connectivity index (χ0n) is 17.1. The number of halogens is 3. The molecule has 164 valence electrons. The van der Waals surface area contributed by atoms with E-state index in [-0.39, 0.29) is 17.2 Å². The summed E-state index contributed by atoms with van der Waals surface area (Å²) in [6.07, 6.45) is -0.615. The van der Waals surface area contributed by atoms with Gasteiger partial charge in [-0.2, -0.15) is 0 Å². The monoisotopic (exact) mass is 463 g/mol. The lowest BCUT2D eigenvalue weighted by Gasteiger charge is -2.17. The molecule has 31 heavy (non-hydrogen) atoms. The molecule has 0 spiro atoms. The van der Waals surface area contributed by atoms with E-state index in [1.165, 1.54) is 12.1 Å². The Kier molecular flexibility index (Phi) is 8.55. The van der Waals surface area contributed by atoms with Gasteiger partial charge in [0, 0.05) is 18.7 Å². The maximum Gasteiger partial charge on any atom is 0.180 e. The lowest BCUT2D eigenvalue weighted by Crippen LogP contribution is -2.21. The normalized spacial score (nSPS) is 11.9. The van der Waals surface area contributed by atoms with Gasteiger partial charge >= 0.3 is 0 Å². The highest BCUT2D eigenvalue weighted by atomic mass is 35.5. The van der Waals surface area contributed by atoms with Crippen molar-refractivity contribution in [2.24, 2.45) is 0 Å². The van der Waals surface area contributed by atoms with Crippen LogP contribution >= 0.6 is 23.2 Å². The van der Waals surface area contributed by atoms with Crippen LogP contribution in [0.2, 0.25) is 10.0 Å². The Morgan fingerprint density at radius 2 is 1.77 bits per heavy atom. The van der Waals surface area contributed by atoms with Gasteiger partial charge in [-0.05, 0) is 42.3 Å². The van der Waals surface area contributed by atoms with Gasteiger partial charge in [0.1, 0.15) is 12.4 Å². The quantitative estimate of drug-likeness (QED) is 0.390. The van der Waals surface area contributed by atoms with Gasteiger partial charge in [-0.15, -0.1) is 0 Å². The molecule has 0 aromatic heterocycles. The highest BCUT2D eigenvalue weighted by Gasteiger charge is 2.15. The van der Waals surface area contributed by atoms with Crippen LogP contribution < -0.4 is 14.8 Å². The maximum atomic E-state index is 14.0. The van der Waals surface area contributed by atoms with Gasteiger partial charge in [-0.3, -0.25) is 0 Å². The molecule has 3 aromatic rings. The van der Waals surface area contributed by atoms with Crippen LogP contribution in [-0.4, -0.2) is 18.3 Å². The summed E-state index contributed by atoms with van der Waals surface area (Å²) in [5, 5.41) is 14.1. The molecule has 0 saturated heterocycles. The third kappa shape index (κ3) is 6.34. The second-order valence-corrected chi connectivity index (χ2v) is 7.70. The lowest BCUT2D eigenvalue weighted by atomic mass is 10.1. The summed E-state index contributed by atoms with van der Waals surface area (Å²) in [5.74, 6) is 0.346. The molecule has 0 fully saturated rings. The van der Waals surface area contributed by atoms with E-state index in [0.29, 0.717) is 36.2 Å². The molecule has 2 N–H and O–H groups in total. The van der Waals surface area contributed by atoms with Gasteiger partial charge in [0.25, 0.3) is 0 Å². The van der Waals surface area contributed by atoms with Gasteiger partial charge < -0.3 is 19.9 Å². The van der Waals surface area contributed by atoms with Crippen molar-refractivity contribution in [3.8, 4) is 11.5 Å². The second-order valence-electron chi connectivity index (χ2n) is 6.88. The van der Waals surface area contributed by atoms with Crippen LogP contribution in [0.25, 0.3) is 0 Å². The molecule has 0 aliphatic carbocycles. The summed E-state index contributed by atoms with van der Waals surface area (Å²) in [6, 6.07) is 17.5. The summed E-state index contributed by atoms with van der Waals surface area (Å²) >= 11 is 12.5. The Morgan fingerprint density at radius 3 is 2.48 bits per heavy atom. The van der Waals surface area contributed by atoms with Crippen LogP contribution in [0, 0.1) is 5.82 Å². The Hall–Kier alpha value is -2.31. The molecule has 0 bridgehead atoms. The van der Waals surface area contributed by atoms with Crippen LogP contribution in [0.5, 0.6) is 11.5 Å². The minimum absolute atomic E-state index is 0.0772. The van der Waals surface area contributed by atoms with Crippen molar-refractivity contribution in [2.75, 3.05) is 13.2 Å². The predicted octanol–water partition coefficient (Wildman–Crippen LogP) is 5.93. The van der Waals surface area contributed by atoms with Crippen molar-refractivity contribution in [2.45, 2.75) is 26.2 Å². The molecule has 0 heterocycles. The van der Waals surface area contributed by atoms with Gasteiger partial charge in [0.15, 0.2) is 11.5 Å². The highest BCUT2D eigenvalue weighted by molar-refractivity contribution is 6.32. The maximum absolute atomic E-state index is 14.0. The molecule has 3 aromatic carbocycles. The number of hydrogen-bond acceptors (Lipinski definition) is 4. The fraction of sp³-hybridized carbons (Fsp3) is 0.250. The van der Waals surface area contributed by atoms with Crippen LogP contribution in [0.3, 0.4) is 0 Å². The van der Waals surface area contributed by atoms with Gasteiger partial charge in [-0.25, -0.2) is 4.39 Å². The van der Waals surface area contributed by atoms with Crippen LogP contribution in [0.15, 0.2) is 60.7 Å². The largest absolute Gasteiger partial charge is 0.490 e. The summed E-state index contributed by atoms with van der Waals surface area (Å²) in [6.45, 7) is 3.05. The van der Waals surface area contributed by atoms with E-state index in [2.05, 4.69) is 5.32 Å². The van der Waals surface area contributed by atoms with Gasteiger partial charge in [-0.1, -0.05) is 59.6 Å². The molecule has 0 saturated carbocycles. The van der Waals surface area contributed by atoms with E-state index < -0.39 is 11.9 Å². The SMILES string of the molecule is CCOc1cc(CNCC(O)c2ccccc2)cc(Cl)c1OCc1c(F)cccc1Cl. The number of rotatable bonds is 10. The number of hydrogen-bond donors (Lipinski definition) is 2. The van der Waals surface area contributed by atoms with Crippen LogP contribution in [-0.2, 0) is 13.2 Å². The Labute approximate surface area is 191 Å². The van der Waals surface area contributed by atoms with E-state index in [1.54, 1.807) is 12.1 Å². The van der Waals surface area contributed by atoms with Crippen molar-refractivity contribution in [1.82, 2.24) is 5.32 Å². The zero-order chi connectivity index (χ0) is 22.2. The molecule has 0 radical (unpaired) electrons. The molecule has 0 aliphatic heterocycles. The molecular weight excluding hydrogens is 440 g/mol. The van der Waals surface area contributed by atoms with Crippen molar-refractivity contribution in [1.29, 1.82) is 0 Å². The molecule has 1 unspecified atom stereocenters. The second kappa shape index (κ2) is 11.3. The van der Waals surface area contributed by atoms with Crippen LogP contribution in [0.4, 0.5) is 4.39 Å². The lowest BCUT2D eigenvalue weighted by molar-refractivity contribution is 0.174. The Bertz CT molecular complexity index is 981. The van der Waals surface area contributed by atoms with Gasteiger partial charge in [0.05, 0.1) is 22.8 Å². The number of aliphatic hydroxyl groups is 1. The molecular formula is C24H24Cl2FNO3. The Balaban J connectivity index is 1.68. The van der Waals surface area contributed by atoms with Crippen LogP contribution in [0.1, 0.15) is 29.7 Å². The minimum atomic E-state index is -0.615. The molecule has 0 aliphatic rings. The average molecular weight is 464 g/mol. The van der Waals surface area contributed by atoms with E-state index in [4.69, 9.17) is 32.7 Å². The molecule has 4 nitrogen and oxygen atoms in total. The fourth-order valence-electron chi connectivity index (χ4n) is 3.09. The Morgan fingerprint density at radius 1 is 1.00 bits per heavy atom. The number of aliphatic hydroxyl groups excluding tert-OH is 1. The summed E-state index contributed by atoms with van der Waals surface area (Å²) in [4.78, 5) is 0. The minimum Gasteiger partial charge on any atom is -0.490 e. The molecule has 1 atom stereocenters. The van der Waals surface area contributed by atoms with Gasteiger partial charge in [0.2, 0.25) is 0 Å². The summed E-state index contributed by atoms with van der Waals surface area (Å²) in [7, 11) is 0. The van der Waals surface area contributed by atoms with Crippen molar-refractivity contribution in [3.05, 3.63) is 93.2 Å². The number of nitrogens with one attached hydrogen (secondary N) is 1. The third-order valence-electron chi connectivity index (χ3n) is 4.64. The van der Waals surface area contributed by atoms with Crippen molar-refractivity contribution >= 4 is 23.2 Å².